The quantitative estimate of drug-likeness (QED) is 0.834. The lowest BCUT2D eigenvalue weighted by Gasteiger charge is -2.57. The van der Waals surface area contributed by atoms with E-state index in [1.165, 1.54) is 38.5 Å². The number of aromatic amines is 1. The van der Waals surface area contributed by atoms with E-state index in [9.17, 15) is 9.59 Å². The van der Waals surface area contributed by atoms with E-state index in [1.54, 1.807) is 24.3 Å². The van der Waals surface area contributed by atoms with Crippen LogP contribution < -0.4 is 10.9 Å². The van der Waals surface area contributed by atoms with Crippen molar-refractivity contribution in [1.82, 2.24) is 15.5 Å². The van der Waals surface area contributed by atoms with Gasteiger partial charge < -0.3 is 10.1 Å². The van der Waals surface area contributed by atoms with Crippen molar-refractivity contribution in [2.24, 2.45) is 17.8 Å². The molecule has 1 aromatic heterocycles. The van der Waals surface area contributed by atoms with Crippen molar-refractivity contribution < 1.29 is 9.53 Å². The Hall–Kier alpha value is -2.21. The van der Waals surface area contributed by atoms with E-state index < -0.39 is 0 Å². The molecular weight excluding hydrogens is 354 g/mol. The molecule has 148 valence electrons. The standard InChI is InChI=1S/C22H27N3O3/c1-13(28-22-9-14-6-15(10-22)8-16(7-14)11-22)12-23-21(27)19-17-4-2-3-5-18(17)20(26)25-24-19/h2-5,13-16H,6-12H2,1H3,(H,23,27)(H,25,26)/t13-,14?,15?,16?,22?/m1/s1. The lowest BCUT2D eigenvalue weighted by atomic mass is 9.54. The van der Waals surface area contributed by atoms with Gasteiger partial charge in [-0.05, 0) is 69.3 Å². The van der Waals surface area contributed by atoms with Crippen LogP contribution in [0.3, 0.4) is 0 Å². The fourth-order valence-electron chi connectivity index (χ4n) is 6.25. The number of carbonyl (C=O) groups is 1. The highest BCUT2D eigenvalue weighted by molar-refractivity contribution is 6.04. The second kappa shape index (κ2) is 6.69. The number of nitrogens with zero attached hydrogens (tertiary/aromatic N) is 1. The molecule has 1 atom stereocenters. The van der Waals surface area contributed by atoms with Crippen LogP contribution in [0.5, 0.6) is 0 Å². The largest absolute Gasteiger partial charge is 0.370 e. The zero-order chi connectivity index (χ0) is 19.3. The van der Waals surface area contributed by atoms with Gasteiger partial charge >= 0.3 is 0 Å². The van der Waals surface area contributed by atoms with E-state index in [4.69, 9.17) is 4.74 Å². The maximum Gasteiger partial charge on any atom is 0.272 e. The zero-order valence-electron chi connectivity index (χ0n) is 16.2. The molecule has 1 amide bonds. The molecule has 4 fully saturated rings. The normalized spacial score (nSPS) is 31.8. The van der Waals surface area contributed by atoms with E-state index in [0.29, 0.717) is 17.3 Å². The third-order valence-electron chi connectivity index (χ3n) is 6.89. The number of carbonyl (C=O) groups excluding carboxylic acids is 1. The summed E-state index contributed by atoms with van der Waals surface area (Å²) in [6.07, 6.45) is 7.67. The van der Waals surface area contributed by atoms with Crippen LogP contribution in [-0.4, -0.2) is 34.4 Å². The molecule has 2 N–H and O–H groups in total. The summed E-state index contributed by atoms with van der Waals surface area (Å²) in [6, 6.07) is 7.03. The van der Waals surface area contributed by atoms with Crippen LogP contribution >= 0.6 is 0 Å². The first-order valence-electron chi connectivity index (χ1n) is 10.4. The van der Waals surface area contributed by atoms with E-state index in [2.05, 4.69) is 15.5 Å². The van der Waals surface area contributed by atoms with E-state index in [1.807, 2.05) is 6.92 Å². The number of benzene rings is 1. The SMILES string of the molecule is C[C@H](CNC(=O)c1n[nH]c(=O)c2ccccc12)OC12CC3CC(CC(C3)C1)C2. The van der Waals surface area contributed by atoms with Gasteiger partial charge in [0, 0.05) is 11.9 Å². The van der Waals surface area contributed by atoms with Crippen LogP contribution in [0.25, 0.3) is 10.8 Å². The third kappa shape index (κ3) is 3.13. The molecule has 6 rings (SSSR count). The van der Waals surface area contributed by atoms with Gasteiger partial charge in [0.25, 0.3) is 11.5 Å². The van der Waals surface area contributed by atoms with Crippen LogP contribution in [0.1, 0.15) is 55.9 Å². The first kappa shape index (κ1) is 17.9. The molecular formula is C22H27N3O3. The molecule has 1 aromatic carbocycles. The maximum atomic E-state index is 12.7. The number of hydrogen-bond donors (Lipinski definition) is 2. The van der Waals surface area contributed by atoms with Crippen LogP contribution in [0.4, 0.5) is 0 Å². The minimum atomic E-state index is -0.286. The Morgan fingerprint density at radius 2 is 1.79 bits per heavy atom. The lowest BCUT2D eigenvalue weighted by Crippen LogP contribution is -2.54. The van der Waals surface area contributed by atoms with Crippen molar-refractivity contribution in [2.75, 3.05) is 6.54 Å². The van der Waals surface area contributed by atoms with Crippen molar-refractivity contribution in [1.29, 1.82) is 0 Å². The Morgan fingerprint density at radius 3 is 2.43 bits per heavy atom. The van der Waals surface area contributed by atoms with Gasteiger partial charge in [-0.3, -0.25) is 9.59 Å². The molecule has 1 heterocycles. The van der Waals surface area contributed by atoms with Crippen LogP contribution in [0.2, 0.25) is 0 Å². The van der Waals surface area contributed by atoms with E-state index in [0.717, 1.165) is 17.8 Å². The Balaban J connectivity index is 1.25. The molecule has 6 heteroatoms. The summed E-state index contributed by atoms with van der Waals surface area (Å²) >= 11 is 0. The second-order valence-electron chi connectivity index (χ2n) is 9.19. The average molecular weight is 381 g/mol. The number of ether oxygens (including phenoxy) is 1. The molecule has 6 nitrogen and oxygen atoms in total. The van der Waals surface area contributed by atoms with E-state index in [-0.39, 0.29) is 28.9 Å². The second-order valence-corrected chi connectivity index (χ2v) is 9.19. The van der Waals surface area contributed by atoms with Crippen molar-refractivity contribution in [3.8, 4) is 0 Å². The van der Waals surface area contributed by atoms with Gasteiger partial charge in [-0.25, -0.2) is 5.10 Å². The van der Waals surface area contributed by atoms with E-state index >= 15 is 0 Å². The molecule has 0 saturated heterocycles. The fraction of sp³-hybridized carbons (Fsp3) is 0.591. The molecule has 0 unspecified atom stereocenters. The minimum Gasteiger partial charge on any atom is -0.370 e. The number of fused-ring (bicyclic) bond motifs is 1. The predicted octanol–water partition coefficient (Wildman–Crippen LogP) is 3.03. The Kier molecular flexibility index (Phi) is 4.27. The highest BCUT2D eigenvalue weighted by Gasteiger charge is 2.52. The van der Waals surface area contributed by atoms with Gasteiger partial charge in [-0.15, -0.1) is 0 Å². The van der Waals surface area contributed by atoms with Gasteiger partial charge in [-0.1, -0.05) is 18.2 Å². The molecule has 0 aliphatic heterocycles. The fourth-order valence-corrected chi connectivity index (χ4v) is 6.25. The number of hydrogen-bond acceptors (Lipinski definition) is 4. The first-order valence-corrected chi connectivity index (χ1v) is 10.4. The third-order valence-corrected chi connectivity index (χ3v) is 6.89. The highest BCUT2D eigenvalue weighted by atomic mass is 16.5. The molecule has 4 bridgehead atoms. The Morgan fingerprint density at radius 1 is 1.18 bits per heavy atom. The summed E-state index contributed by atoms with van der Waals surface area (Å²) in [7, 11) is 0. The number of rotatable bonds is 5. The zero-order valence-corrected chi connectivity index (χ0v) is 16.2. The van der Waals surface area contributed by atoms with Gasteiger partial charge in [0.15, 0.2) is 5.69 Å². The predicted molar refractivity (Wildman–Crippen MR) is 106 cm³/mol. The molecule has 28 heavy (non-hydrogen) atoms. The topological polar surface area (TPSA) is 84.1 Å². The summed E-state index contributed by atoms with van der Waals surface area (Å²) in [5.74, 6) is 2.23. The number of nitrogens with one attached hydrogen (secondary N) is 2. The Labute approximate surface area is 164 Å². The van der Waals surface area contributed by atoms with Crippen molar-refractivity contribution in [3.63, 3.8) is 0 Å². The maximum absolute atomic E-state index is 12.7. The number of H-pyrrole nitrogens is 1. The monoisotopic (exact) mass is 381 g/mol. The van der Waals surface area contributed by atoms with Crippen molar-refractivity contribution >= 4 is 16.7 Å². The van der Waals surface area contributed by atoms with Crippen molar-refractivity contribution in [2.45, 2.75) is 57.2 Å². The van der Waals surface area contributed by atoms with Gasteiger partial charge in [0.2, 0.25) is 0 Å². The number of aromatic nitrogens is 2. The Bertz CT molecular complexity index is 932. The summed E-state index contributed by atoms with van der Waals surface area (Å²) in [5.41, 5.74) is -0.00942. The van der Waals surface area contributed by atoms with Crippen LogP contribution in [-0.2, 0) is 4.74 Å². The molecule has 4 saturated carbocycles. The smallest absolute Gasteiger partial charge is 0.272 e. The first-order chi connectivity index (χ1) is 13.5. The van der Waals surface area contributed by atoms with Crippen LogP contribution in [0, 0.1) is 17.8 Å². The lowest BCUT2D eigenvalue weighted by molar-refractivity contribution is -0.182. The average Bonchev–Trinajstić information content (AvgIpc) is 2.65. The molecule has 2 aromatic rings. The minimum absolute atomic E-state index is 0.0296. The van der Waals surface area contributed by atoms with Gasteiger partial charge in [0.05, 0.1) is 17.1 Å². The van der Waals surface area contributed by atoms with Crippen LogP contribution in [0.15, 0.2) is 29.1 Å². The molecule has 4 aliphatic carbocycles. The highest BCUT2D eigenvalue weighted by Crippen LogP contribution is 2.57. The summed E-state index contributed by atoms with van der Waals surface area (Å²) in [6.45, 7) is 2.48. The summed E-state index contributed by atoms with van der Waals surface area (Å²) in [4.78, 5) is 24.6. The molecule has 4 aliphatic rings. The summed E-state index contributed by atoms with van der Waals surface area (Å²) in [5, 5.41) is 10.4. The number of amides is 1. The molecule has 0 spiro atoms. The van der Waals surface area contributed by atoms with Gasteiger partial charge in [-0.2, -0.15) is 5.10 Å². The molecule has 0 radical (unpaired) electrons. The summed E-state index contributed by atoms with van der Waals surface area (Å²) < 4.78 is 6.55. The van der Waals surface area contributed by atoms with Gasteiger partial charge in [0.1, 0.15) is 0 Å². The van der Waals surface area contributed by atoms with Crippen molar-refractivity contribution in [3.05, 3.63) is 40.3 Å².